The molecule has 0 saturated heterocycles. The molecule has 1 heterocycles. The molecule has 0 saturated carbocycles. The molecule has 1 rings (SSSR count). The minimum atomic E-state index is -1.27. The number of carboxylic acids is 1. The van der Waals surface area contributed by atoms with Crippen LogP contribution in [-0.2, 0) is 4.74 Å². The van der Waals surface area contributed by atoms with E-state index in [1.54, 1.807) is 13.8 Å². The second-order valence-electron chi connectivity index (χ2n) is 3.14. The highest BCUT2D eigenvalue weighted by Crippen LogP contribution is 2.08. The number of aromatic carboxylic acids is 1. The van der Waals surface area contributed by atoms with Crippen molar-refractivity contribution in [2.24, 2.45) is 0 Å². The van der Waals surface area contributed by atoms with Crippen molar-refractivity contribution >= 4 is 17.9 Å². The fourth-order valence-corrected chi connectivity index (χ4v) is 0.926. The Morgan fingerprint density at radius 1 is 1.38 bits per heavy atom. The van der Waals surface area contributed by atoms with Crippen molar-refractivity contribution in [3.63, 3.8) is 0 Å². The van der Waals surface area contributed by atoms with Crippen LogP contribution in [0.25, 0.3) is 0 Å². The summed E-state index contributed by atoms with van der Waals surface area (Å²) >= 11 is 0. The summed E-state index contributed by atoms with van der Waals surface area (Å²) in [5.41, 5.74) is -0.330. The Hall–Kier alpha value is -2.18. The minimum Gasteiger partial charge on any atom is -0.476 e. The fourth-order valence-electron chi connectivity index (χ4n) is 0.926. The Morgan fingerprint density at radius 3 is 2.56 bits per heavy atom. The van der Waals surface area contributed by atoms with Crippen LogP contribution >= 0.6 is 0 Å². The van der Waals surface area contributed by atoms with Gasteiger partial charge >= 0.3 is 12.1 Å². The number of amides is 1. The van der Waals surface area contributed by atoms with Gasteiger partial charge in [-0.15, -0.1) is 0 Å². The van der Waals surface area contributed by atoms with E-state index in [1.165, 1.54) is 12.4 Å². The predicted molar refractivity (Wildman–Crippen MR) is 54.2 cm³/mol. The summed E-state index contributed by atoms with van der Waals surface area (Å²) < 4.78 is 4.78. The molecule has 1 aromatic heterocycles. The van der Waals surface area contributed by atoms with Crippen molar-refractivity contribution < 1.29 is 19.4 Å². The Bertz CT molecular complexity index is 405. The summed E-state index contributed by atoms with van der Waals surface area (Å²) in [6.07, 6.45) is 1.43. The lowest BCUT2D eigenvalue weighted by molar-refractivity contribution is 0.0691. The number of ether oxygens (including phenoxy) is 1. The van der Waals surface area contributed by atoms with Gasteiger partial charge in [-0.3, -0.25) is 5.32 Å². The highest BCUT2D eigenvalue weighted by molar-refractivity contribution is 5.95. The third-order valence-corrected chi connectivity index (χ3v) is 1.46. The Kier molecular flexibility index (Phi) is 3.76. The first-order valence-electron chi connectivity index (χ1n) is 4.52. The molecule has 7 nitrogen and oxygen atoms in total. The first-order chi connectivity index (χ1) is 7.50. The zero-order valence-electron chi connectivity index (χ0n) is 8.80. The molecule has 0 aliphatic carbocycles. The molecular formula is C9H11N3O4. The fraction of sp³-hybridized carbons (Fsp3) is 0.333. The molecule has 0 bridgehead atoms. The topological polar surface area (TPSA) is 101 Å². The van der Waals surface area contributed by atoms with Crippen LogP contribution in [0.1, 0.15) is 24.3 Å². The highest BCUT2D eigenvalue weighted by Gasteiger charge is 2.15. The van der Waals surface area contributed by atoms with E-state index in [0.717, 1.165) is 0 Å². The third-order valence-electron chi connectivity index (χ3n) is 1.46. The van der Waals surface area contributed by atoms with Gasteiger partial charge in [0.1, 0.15) is 0 Å². The molecule has 0 fully saturated rings. The van der Waals surface area contributed by atoms with Gasteiger partial charge in [-0.2, -0.15) is 0 Å². The summed E-state index contributed by atoms with van der Waals surface area (Å²) in [6, 6.07) is 0. The number of carbonyl (C=O) groups is 2. The molecule has 0 radical (unpaired) electrons. The minimum absolute atomic E-state index is 0.138. The van der Waals surface area contributed by atoms with Gasteiger partial charge in [-0.05, 0) is 13.8 Å². The van der Waals surface area contributed by atoms with E-state index in [4.69, 9.17) is 9.84 Å². The van der Waals surface area contributed by atoms with Gasteiger partial charge in [0.25, 0.3) is 0 Å². The summed E-state index contributed by atoms with van der Waals surface area (Å²) in [6.45, 7) is 3.35. The van der Waals surface area contributed by atoms with Crippen molar-refractivity contribution in [2.45, 2.75) is 20.0 Å². The molecule has 2 N–H and O–H groups in total. The lowest BCUT2D eigenvalue weighted by atomic mass is 10.4. The maximum Gasteiger partial charge on any atom is 0.413 e. The van der Waals surface area contributed by atoms with Crippen LogP contribution in [0.3, 0.4) is 0 Å². The molecule has 0 aliphatic rings. The lowest BCUT2D eigenvalue weighted by Gasteiger charge is -2.09. The maximum atomic E-state index is 11.2. The first kappa shape index (κ1) is 11.9. The summed E-state index contributed by atoms with van der Waals surface area (Å²) in [5, 5.41) is 11.0. The van der Waals surface area contributed by atoms with Crippen molar-refractivity contribution in [3.8, 4) is 0 Å². The van der Waals surface area contributed by atoms with E-state index in [1.807, 2.05) is 0 Å². The van der Waals surface area contributed by atoms with E-state index in [-0.39, 0.29) is 17.6 Å². The molecule has 1 aromatic rings. The van der Waals surface area contributed by atoms with Crippen LogP contribution in [0.15, 0.2) is 12.4 Å². The molecule has 0 unspecified atom stereocenters. The van der Waals surface area contributed by atoms with E-state index in [9.17, 15) is 9.59 Å². The highest BCUT2D eigenvalue weighted by atomic mass is 16.6. The summed E-state index contributed by atoms with van der Waals surface area (Å²) in [7, 11) is 0. The zero-order valence-corrected chi connectivity index (χ0v) is 8.80. The Labute approximate surface area is 91.5 Å². The standard InChI is InChI=1S/C9H11N3O4/c1-5(2)16-9(15)12-7-6(8(13)14)10-3-4-11-7/h3-5H,1-2H3,(H,13,14)(H,11,12,15). The van der Waals surface area contributed by atoms with Crippen molar-refractivity contribution in [1.82, 2.24) is 9.97 Å². The summed E-state index contributed by atoms with van der Waals surface area (Å²) in [4.78, 5) is 29.2. The molecule has 0 aliphatic heterocycles. The Balaban J connectivity index is 2.81. The van der Waals surface area contributed by atoms with Crippen LogP contribution in [0.4, 0.5) is 10.6 Å². The van der Waals surface area contributed by atoms with Crippen molar-refractivity contribution in [2.75, 3.05) is 5.32 Å². The largest absolute Gasteiger partial charge is 0.476 e. The number of carboxylic acid groups (broad SMARTS) is 1. The third kappa shape index (κ3) is 3.19. The van der Waals surface area contributed by atoms with Gasteiger partial charge in [-0.25, -0.2) is 19.6 Å². The van der Waals surface area contributed by atoms with E-state index in [2.05, 4.69) is 15.3 Å². The first-order valence-corrected chi connectivity index (χ1v) is 4.52. The Morgan fingerprint density at radius 2 is 2.00 bits per heavy atom. The summed E-state index contributed by atoms with van der Waals surface area (Å²) in [5.74, 6) is -1.41. The number of nitrogens with one attached hydrogen (secondary N) is 1. The molecular weight excluding hydrogens is 214 g/mol. The van der Waals surface area contributed by atoms with Gasteiger partial charge in [0, 0.05) is 12.4 Å². The number of anilines is 1. The van der Waals surface area contributed by atoms with Crippen LogP contribution in [0.5, 0.6) is 0 Å². The second kappa shape index (κ2) is 5.06. The van der Waals surface area contributed by atoms with Gasteiger partial charge < -0.3 is 9.84 Å². The van der Waals surface area contributed by atoms with E-state index >= 15 is 0 Å². The average Bonchev–Trinajstić information content (AvgIpc) is 2.16. The lowest BCUT2D eigenvalue weighted by Crippen LogP contribution is -2.20. The number of hydrogen-bond donors (Lipinski definition) is 2. The van der Waals surface area contributed by atoms with Crippen molar-refractivity contribution in [3.05, 3.63) is 18.1 Å². The van der Waals surface area contributed by atoms with Crippen LogP contribution < -0.4 is 5.32 Å². The number of hydrogen-bond acceptors (Lipinski definition) is 5. The van der Waals surface area contributed by atoms with E-state index < -0.39 is 12.1 Å². The average molecular weight is 225 g/mol. The van der Waals surface area contributed by atoms with Crippen LogP contribution in [0, 0.1) is 0 Å². The number of nitrogens with zero attached hydrogens (tertiary/aromatic N) is 2. The molecule has 86 valence electrons. The molecule has 0 aromatic carbocycles. The molecule has 16 heavy (non-hydrogen) atoms. The predicted octanol–water partition coefficient (Wildman–Crippen LogP) is 1.13. The van der Waals surface area contributed by atoms with Gasteiger partial charge in [-0.1, -0.05) is 0 Å². The molecule has 1 amide bonds. The number of carbonyl (C=O) groups excluding carboxylic acids is 1. The van der Waals surface area contributed by atoms with Crippen LogP contribution in [-0.4, -0.2) is 33.2 Å². The number of aromatic nitrogens is 2. The van der Waals surface area contributed by atoms with Crippen LogP contribution in [0.2, 0.25) is 0 Å². The SMILES string of the molecule is CC(C)OC(=O)Nc1nccnc1C(=O)O. The van der Waals surface area contributed by atoms with Crippen molar-refractivity contribution in [1.29, 1.82) is 0 Å². The van der Waals surface area contributed by atoms with Gasteiger partial charge in [0.05, 0.1) is 6.10 Å². The monoisotopic (exact) mass is 225 g/mol. The molecule has 0 spiro atoms. The molecule has 7 heteroatoms. The van der Waals surface area contributed by atoms with E-state index in [0.29, 0.717) is 0 Å². The second-order valence-corrected chi connectivity index (χ2v) is 3.14. The smallest absolute Gasteiger partial charge is 0.413 e. The number of rotatable bonds is 3. The van der Waals surface area contributed by atoms with Gasteiger partial charge in [0.2, 0.25) is 0 Å². The maximum absolute atomic E-state index is 11.2. The zero-order chi connectivity index (χ0) is 12.1. The normalized spacial score (nSPS) is 9.94. The van der Waals surface area contributed by atoms with Gasteiger partial charge in [0.15, 0.2) is 11.5 Å². The quantitative estimate of drug-likeness (QED) is 0.799. The molecule has 0 atom stereocenters.